The van der Waals surface area contributed by atoms with Gasteiger partial charge in [-0.3, -0.25) is 0 Å². The Morgan fingerprint density at radius 3 is 2.04 bits per heavy atom. The summed E-state index contributed by atoms with van der Waals surface area (Å²) in [5.41, 5.74) is -0.151. The molecule has 126 valence electrons. The fraction of sp³-hybridized carbons (Fsp3) is 0.357. The van der Waals surface area contributed by atoms with E-state index < -0.39 is 16.8 Å². The predicted octanol–water partition coefficient (Wildman–Crippen LogP) is 4.04. The summed E-state index contributed by atoms with van der Waals surface area (Å²) in [5.74, 6) is -2.13. The minimum Gasteiger partial charge on any atom is -0.464 e. The van der Waals surface area contributed by atoms with Gasteiger partial charge in [-0.05, 0) is 26.0 Å². The molecule has 1 rings (SSSR count). The first-order valence-electron chi connectivity index (χ1n) is 6.51. The van der Waals surface area contributed by atoms with Crippen LogP contribution in [-0.4, -0.2) is 35.7 Å². The van der Waals surface area contributed by atoms with Crippen molar-refractivity contribution in [3.63, 3.8) is 0 Å². The quantitative estimate of drug-likeness (QED) is 0.313. The second kappa shape index (κ2) is 8.73. The van der Waals surface area contributed by atoms with Crippen molar-refractivity contribution >= 4 is 64.2 Å². The molecule has 0 heterocycles. The fourth-order valence-electron chi connectivity index (χ4n) is 1.71. The summed E-state index contributed by atoms with van der Waals surface area (Å²) in [6.07, 6.45) is 0. The Bertz CT molecular complexity index is 615. The third-order valence-electron chi connectivity index (χ3n) is 2.71. The standard InChI is InChI=1S/C14H13Cl4NO4/c1-3-22-12(20)14(17,13(21)23-4-2)11(19-18)9-6-5-8(15)7-10(9)16/h5-7H,3-4H2,1-2H3/b19-11+. The molecule has 1 aromatic rings. The second-order valence-corrected chi connectivity index (χ2v) is 5.74. The molecule has 0 fully saturated rings. The lowest BCUT2D eigenvalue weighted by Gasteiger charge is -2.24. The normalized spacial score (nSPS) is 12.0. The van der Waals surface area contributed by atoms with Gasteiger partial charge < -0.3 is 9.47 Å². The van der Waals surface area contributed by atoms with Crippen LogP contribution in [0.2, 0.25) is 10.0 Å². The van der Waals surface area contributed by atoms with Crippen LogP contribution in [0.15, 0.2) is 22.7 Å². The van der Waals surface area contributed by atoms with Gasteiger partial charge in [-0.1, -0.05) is 40.9 Å². The molecule has 0 unspecified atom stereocenters. The van der Waals surface area contributed by atoms with Crippen LogP contribution in [0.3, 0.4) is 0 Å². The molecule has 0 saturated heterocycles. The van der Waals surface area contributed by atoms with Crippen LogP contribution in [0.25, 0.3) is 0 Å². The molecule has 0 aliphatic rings. The maximum atomic E-state index is 12.3. The van der Waals surface area contributed by atoms with Crippen LogP contribution >= 0.6 is 46.6 Å². The minimum atomic E-state index is -2.38. The monoisotopic (exact) mass is 399 g/mol. The van der Waals surface area contributed by atoms with Gasteiger partial charge >= 0.3 is 11.9 Å². The lowest BCUT2D eigenvalue weighted by Crippen LogP contribution is -2.51. The van der Waals surface area contributed by atoms with Crippen LogP contribution < -0.4 is 0 Å². The molecular weight excluding hydrogens is 388 g/mol. The van der Waals surface area contributed by atoms with Gasteiger partial charge in [-0.15, -0.1) is 0 Å². The molecule has 23 heavy (non-hydrogen) atoms. The van der Waals surface area contributed by atoms with E-state index in [1.165, 1.54) is 18.2 Å². The molecule has 0 spiro atoms. The first kappa shape index (κ1) is 20.0. The molecule has 0 aliphatic heterocycles. The van der Waals surface area contributed by atoms with Crippen molar-refractivity contribution in [3.8, 4) is 0 Å². The van der Waals surface area contributed by atoms with Crippen molar-refractivity contribution in [1.82, 2.24) is 0 Å². The molecule has 0 saturated carbocycles. The molecular formula is C14H13Cl4NO4. The van der Waals surface area contributed by atoms with Crippen LogP contribution in [0.1, 0.15) is 19.4 Å². The van der Waals surface area contributed by atoms with Crippen molar-refractivity contribution in [2.24, 2.45) is 4.51 Å². The molecule has 0 amide bonds. The van der Waals surface area contributed by atoms with E-state index in [0.717, 1.165) is 0 Å². The first-order chi connectivity index (χ1) is 10.8. The molecule has 0 aliphatic carbocycles. The highest BCUT2D eigenvalue weighted by atomic mass is 35.5. The Labute approximate surface area is 153 Å². The highest BCUT2D eigenvalue weighted by Gasteiger charge is 2.53. The second-order valence-electron chi connectivity index (χ2n) is 4.16. The van der Waals surface area contributed by atoms with E-state index in [-0.39, 0.29) is 29.5 Å². The number of rotatable bonds is 6. The lowest BCUT2D eigenvalue weighted by molar-refractivity contribution is -0.155. The number of alkyl halides is 1. The van der Waals surface area contributed by atoms with E-state index in [1.807, 2.05) is 0 Å². The maximum Gasteiger partial charge on any atom is 0.345 e. The third kappa shape index (κ3) is 4.29. The fourth-order valence-corrected chi connectivity index (χ4v) is 2.72. The summed E-state index contributed by atoms with van der Waals surface area (Å²) in [7, 11) is 0. The molecule has 9 heteroatoms. The number of carbonyl (C=O) groups is 2. The summed E-state index contributed by atoms with van der Waals surface area (Å²) < 4.78 is 13.2. The number of nitrogens with zero attached hydrogens (tertiary/aromatic N) is 1. The Morgan fingerprint density at radius 2 is 1.65 bits per heavy atom. The molecule has 0 bridgehead atoms. The van der Waals surface area contributed by atoms with E-state index in [2.05, 4.69) is 4.51 Å². The predicted molar refractivity (Wildman–Crippen MR) is 90.7 cm³/mol. The van der Waals surface area contributed by atoms with Crippen molar-refractivity contribution < 1.29 is 19.1 Å². The summed E-state index contributed by atoms with van der Waals surface area (Å²) in [6.45, 7) is 3.12. The maximum absolute atomic E-state index is 12.3. The highest BCUT2D eigenvalue weighted by molar-refractivity contribution is 6.60. The molecule has 0 radical (unpaired) electrons. The Balaban J connectivity index is 3.49. The molecule has 1 aromatic carbocycles. The van der Waals surface area contributed by atoms with Crippen LogP contribution in [0, 0.1) is 0 Å². The average molecular weight is 401 g/mol. The van der Waals surface area contributed by atoms with Gasteiger partial charge in [0.2, 0.25) is 0 Å². The van der Waals surface area contributed by atoms with Crippen LogP contribution in [-0.2, 0) is 19.1 Å². The van der Waals surface area contributed by atoms with E-state index in [0.29, 0.717) is 5.02 Å². The number of benzene rings is 1. The highest BCUT2D eigenvalue weighted by Crippen LogP contribution is 2.31. The van der Waals surface area contributed by atoms with Crippen LogP contribution in [0.5, 0.6) is 0 Å². The summed E-state index contributed by atoms with van der Waals surface area (Å²) >= 11 is 23.8. The van der Waals surface area contributed by atoms with E-state index in [4.69, 9.17) is 56.1 Å². The van der Waals surface area contributed by atoms with E-state index >= 15 is 0 Å². The van der Waals surface area contributed by atoms with Crippen LogP contribution in [0.4, 0.5) is 0 Å². The zero-order valence-electron chi connectivity index (χ0n) is 12.2. The van der Waals surface area contributed by atoms with Gasteiger partial charge in [0.25, 0.3) is 4.87 Å². The van der Waals surface area contributed by atoms with Gasteiger partial charge in [0.05, 0.1) is 18.2 Å². The number of hydrogen-bond acceptors (Lipinski definition) is 5. The molecule has 0 aromatic heterocycles. The van der Waals surface area contributed by atoms with Gasteiger partial charge in [-0.25, -0.2) is 9.59 Å². The molecule has 0 N–H and O–H groups in total. The average Bonchev–Trinajstić information content (AvgIpc) is 2.50. The van der Waals surface area contributed by atoms with Crippen molar-refractivity contribution in [3.05, 3.63) is 33.8 Å². The largest absolute Gasteiger partial charge is 0.464 e. The van der Waals surface area contributed by atoms with Crippen molar-refractivity contribution in [2.45, 2.75) is 18.7 Å². The zero-order chi connectivity index (χ0) is 17.6. The molecule has 0 atom stereocenters. The summed E-state index contributed by atoms with van der Waals surface area (Å²) in [6, 6.07) is 4.31. The van der Waals surface area contributed by atoms with Crippen molar-refractivity contribution in [2.75, 3.05) is 13.2 Å². The number of halogens is 4. The van der Waals surface area contributed by atoms with Crippen molar-refractivity contribution in [1.29, 1.82) is 0 Å². The lowest BCUT2D eigenvalue weighted by atomic mass is 9.95. The summed E-state index contributed by atoms with van der Waals surface area (Å²) in [4.78, 5) is 22.2. The third-order valence-corrected chi connectivity index (χ3v) is 3.91. The number of carbonyl (C=O) groups excluding carboxylic acids is 2. The summed E-state index contributed by atoms with van der Waals surface area (Å²) in [5, 5.41) is 0.454. The van der Waals surface area contributed by atoms with E-state index in [1.54, 1.807) is 13.8 Å². The van der Waals surface area contributed by atoms with Gasteiger partial charge in [0, 0.05) is 22.4 Å². The first-order valence-corrected chi connectivity index (χ1v) is 7.98. The van der Waals surface area contributed by atoms with Gasteiger partial charge in [-0.2, -0.15) is 4.51 Å². The Morgan fingerprint density at radius 1 is 1.13 bits per heavy atom. The van der Waals surface area contributed by atoms with Gasteiger partial charge in [0.15, 0.2) is 0 Å². The topological polar surface area (TPSA) is 65.0 Å². The number of esters is 2. The molecule has 5 nitrogen and oxygen atoms in total. The Kier molecular flexibility index (Phi) is 7.61. The van der Waals surface area contributed by atoms with Gasteiger partial charge in [0.1, 0.15) is 5.71 Å². The number of hydrogen-bond donors (Lipinski definition) is 0. The Hall–Kier alpha value is -1.01. The minimum absolute atomic E-state index is 0.00335. The zero-order valence-corrected chi connectivity index (χ0v) is 15.3. The number of ether oxygens (including phenoxy) is 2. The SMILES string of the molecule is CCOC(=O)C(Cl)(C(=O)OCC)/C(=N/Cl)c1ccc(Cl)cc1Cl. The smallest absolute Gasteiger partial charge is 0.345 e. The van der Waals surface area contributed by atoms with E-state index in [9.17, 15) is 9.59 Å².